The number of rotatable bonds is 7. The minimum absolute atomic E-state index is 0.0604. The fourth-order valence-electron chi connectivity index (χ4n) is 6.83. The van der Waals surface area contributed by atoms with Crippen LogP contribution in [0.2, 0.25) is 0 Å². The topological polar surface area (TPSA) is 62.0 Å². The second kappa shape index (κ2) is 12.5. The summed E-state index contributed by atoms with van der Waals surface area (Å²) in [6, 6.07) is 0. The van der Waals surface area contributed by atoms with Crippen molar-refractivity contribution in [2.24, 2.45) is 27.8 Å². The lowest BCUT2D eigenvalue weighted by molar-refractivity contribution is -0.397. The molecule has 2 fully saturated rings. The van der Waals surface area contributed by atoms with Crippen LogP contribution < -0.4 is 0 Å². The molecule has 242 valence electrons. The fraction of sp³-hybridized carbons (Fsp3) is 0.633. The third-order valence-electron chi connectivity index (χ3n) is 9.02. The van der Waals surface area contributed by atoms with E-state index in [1.165, 1.54) is 0 Å². The van der Waals surface area contributed by atoms with Gasteiger partial charge in [-0.25, -0.2) is 0 Å². The first kappa shape index (κ1) is 34.9. The molecular weight excluding hydrogens is 593 g/mol. The van der Waals surface area contributed by atoms with Crippen molar-refractivity contribution < 1.29 is 54.6 Å². The number of halogens is 9. The van der Waals surface area contributed by atoms with Crippen molar-refractivity contribution in [3.05, 3.63) is 59.3 Å². The Kier molecular flexibility index (Phi) is 10.1. The van der Waals surface area contributed by atoms with Crippen molar-refractivity contribution in [3.8, 4) is 0 Å². The zero-order valence-corrected chi connectivity index (χ0v) is 24.0. The van der Waals surface area contributed by atoms with E-state index in [1.54, 1.807) is 6.92 Å². The molecule has 0 heterocycles. The van der Waals surface area contributed by atoms with E-state index in [0.717, 1.165) is 42.1 Å². The van der Waals surface area contributed by atoms with Crippen LogP contribution in [0.15, 0.2) is 64.4 Å². The number of nitrogens with zero attached hydrogens (tertiary/aromatic N) is 1. The molecule has 0 aromatic carbocycles. The third kappa shape index (κ3) is 6.48. The molecule has 0 aromatic rings. The Morgan fingerprint density at radius 1 is 1.09 bits per heavy atom. The van der Waals surface area contributed by atoms with Crippen LogP contribution in [0.1, 0.15) is 58.8 Å². The van der Waals surface area contributed by atoms with Crippen LogP contribution in [0.5, 0.6) is 0 Å². The first-order valence-electron chi connectivity index (χ1n) is 13.9. The van der Waals surface area contributed by atoms with Gasteiger partial charge in [0.25, 0.3) is 5.41 Å². The number of oxime groups is 1. The Bertz CT molecular complexity index is 1170. The molecule has 2 saturated carbocycles. The van der Waals surface area contributed by atoms with Gasteiger partial charge in [-0.15, -0.1) is 0 Å². The highest BCUT2D eigenvalue weighted by molar-refractivity contribution is 6.01. The molecule has 0 amide bonds. The number of hydrogen-bond donors (Lipinski definition) is 2. The first-order valence-corrected chi connectivity index (χ1v) is 13.9. The molecule has 3 rings (SSSR count). The van der Waals surface area contributed by atoms with Gasteiger partial charge in [-0.05, 0) is 73.0 Å². The quantitative estimate of drug-likeness (QED) is 0.129. The summed E-state index contributed by atoms with van der Waals surface area (Å²) >= 11 is 0. The Labute approximate surface area is 244 Å². The second-order valence-electron chi connectivity index (χ2n) is 11.7. The van der Waals surface area contributed by atoms with Crippen molar-refractivity contribution in [2.45, 2.75) is 89.5 Å². The molecule has 0 unspecified atom stereocenters. The maximum Gasteiger partial charge on any atom is 0.417 e. The monoisotopic (exact) mass is 629 g/mol. The van der Waals surface area contributed by atoms with E-state index in [0.29, 0.717) is 25.5 Å². The zero-order chi connectivity index (χ0) is 32.6. The first-order chi connectivity index (χ1) is 19.7. The summed E-state index contributed by atoms with van der Waals surface area (Å²) in [5, 5.41) is 22.7. The van der Waals surface area contributed by atoms with E-state index in [1.807, 2.05) is 25.2 Å². The minimum atomic E-state index is -6.80. The Hall–Kier alpha value is -2.54. The number of aliphatic hydroxyl groups excluding tert-OH is 2. The van der Waals surface area contributed by atoms with Crippen molar-refractivity contribution in [2.75, 3.05) is 7.11 Å². The summed E-state index contributed by atoms with van der Waals surface area (Å²) in [7, 11) is 0.563. The molecule has 2 N–H and O–H groups in total. The molecule has 13 heteroatoms. The molecule has 3 aliphatic carbocycles. The van der Waals surface area contributed by atoms with Gasteiger partial charge in [-0.1, -0.05) is 61.0 Å². The van der Waals surface area contributed by atoms with Crippen LogP contribution in [0, 0.1) is 22.7 Å². The van der Waals surface area contributed by atoms with Crippen LogP contribution in [0.3, 0.4) is 0 Å². The second-order valence-corrected chi connectivity index (χ2v) is 11.7. The summed E-state index contributed by atoms with van der Waals surface area (Å²) in [6.07, 6.45) is -11.7. The van der Waals surface area contributed by atoms with Crippen LogP contribution >= 0.6 is 0 Å². The van der Waals surface area contributed by atoms with Crippen LogP contribution in [0.25, 0.3) is 0 Å². The number of hydrogen-bond acceptors (Lipinski definition) is 4. The summed E-state index contributed by atoms with van der Waals surface area (Å²) in [5.74, 6) is -0.349. The van der Waals surface area contributed by atoms with Gasteiger partial charge in [0.2, 0.25) is 0 Å². The molecular formula is C30H36F9NO3. The lowest BCUT2D eigenvalue weighted by Crippen LogP contribution is -2.64. The molecule has 4 nitrogen and oxygen atoms in total. The average Bonchev–Trinajstić information content (AvgIpc) is 3.20. The van der Waals surface area contributed by atoms with E-state index in [2.05, 4.69) is 16.6 Å². The van der Waals surface area contributed by atoms with Gasteiger partial charge in [-0.2, -0.15) is 39.5 Å². The smallest absolute Gasteiger partial charge is 0.399 e. The summed E-state index contributed by atoms with van der Waals surface area (Å²) in [5.41, 5.74) is -5.63. The van der Waals surface area contributed by atoms with Gasteiger partial charge in [0, 0.05) is 6.42 Å². The molecule has 0 bridgehead atoms. The van der Waals surface area contributed by atoms with Crippen molar-refractivity contribution >= 4 is 5.71 Å². The number of aliphatic hydroxyl groups is 2. The van der Waals surface area contributed by atoms with Gasteiger partial charge in [-0.3, -0.25) is 0 Å². The number of allylic oxidation sites excluding steroid dienone is 7. The average molecular weight is 630 g/mol. The fourth-order valence-corrected chi connectivity index (χ4v) is 6.83. The van der Waals surface area contributed by atoms with Gasteiger partial charge in [0.1, 0.15) is 12.8 Å². The highest BCUT2D eigenvalue weighted by Crippen LogP contribution is 2.61. The Balaban J connectivity index is 1.86. The van der Waals surface area contributed by atoms with Crippen LogP contribution in [-0.4, -0.2) is 53.8 Å². The molecule has 43 heavy (non-hydrogen) atoms. The van der Waals surface area contributed by atoms with Crippen molar-refractivity contribution in [1.29, 1.82) is 0 Å². The van der Waals surface area contributed by atoms with Crippen molar-refractivity contribution in [3.63, 3.8) is 0 Å². The van der Waals surface area contributed by atoms with E-state index < -0.39 is 47.8 Å². The van der Waals surface area contributed by atoms with Gasteiger partial charge >= 0.3 is 18.5 Å². The van der Waals surface area contributed by atoms with Crippen LogP contribution in [0.4, 0.5) is 39.5 Å². The molecule has 0 spiro atoms. The van der Waals surface area contributed by atoms with Gasteiger partial charge in [0.15, 0.2) is 0 Å². The van der Waals surface area contributed by atoms with E-state index in [-0.39, 0.29) is 30.3 Å². The van der Waals surface area contributed by atoms with Gasteiger partial charge < -0.3 is 15.1 Å². The molecule has 0 aromatic heterocycles. The highest BCUT2D eigenvalue weighted by Gasteiger charge is 2.86. The molecule has 0 saturated heterocycles. The molecule has 0 aliphatic heterocycles. The highest BCUT2D eigenvalue weighted by atomic mass is 19.4. The predicted octanol–water partition coefficient (Wildman–Crippen LogP) is 8.31. The standard InChI is InChI=1S/C30H36F9NO3/c1-17(7-5-9-25(40-43-4)27(28(31,32)33,29(34,35)36)30(37,38)39)22-12-13-23-19(8-6-14-26(22,23)3)10-11-20-15-21(41)16-24(42)18(20)2/h5,9-12,17,21,23-24,41-42H,2,6-8,13-16H2,1,3-4H3/b9-5+,19-10+,20-11-,40-25-/t17-,21-,23+,24+,26-/m1/s1. The predicted molar refractivity (Wildman–Crippen MR) is 143 cm³/mol. The third-order valence-corrected chi connectivity index (χ3v) is 9.02. The summed E-state index contributed by atoms with van der Waals surface area (Å²) in [6.45, 7) is 7.67. The van der Waals surface area contributed by atoms with Gasteiger partial charge in [0.05, 0.1) is 12.2 Å². The van der Waals surface area contributed by atoms with Crippen molar-refractivity contribution in [1.82, 2.24) is 0 Å². The Morgan fingerprint density at radius 2 is 1.70 bits per heavy atom. The lowest BCUT2D eigenvalue weighted by Gasteiger charge is -2.42. The largest absolute Gasteiger partial charge is 0.417 e. The minimum Gasteiger partial charge on any atom is -0.399 e. The number of alkyl halides is 9. The van der Waals surface area contributed by atoms with E-state index >= 15 is 0 Å². The normalized spacial score (nSPS) is 30.7. The van der Waals surface area contributed by atoms with E-state index in [9.17, 15) is 49.7 Å². The van der Waals surface area contributed by atoms with E-state index in [4.69, 9.17) is 0 Å². The number of fused-ring (bicyclic) bond motifs is 1. The molecule has 3 aliphatic rings. The molecule has 5 atom stereocenters. The maximum absolute atomic E-state index is 13.6. The lowest BCUT2D eigenvalue weighted by atomic mass is 9.62. The van der Waals surface area contributed by atoms with Crippen LogP contribution in [-0.2, 0) is 4.84 Å². The SMILES string of the molecule is C=C1/C(=C\C=C2/CCC[C@]3(C)C([C@H](C)C/C=C/C(=N/OC)C(C(F)(F)F)(C(F)(F)F)C(F)(F)F)=CC[C@@H]23)C[C@@H](O)C[C@@H]1O. The molecule has 0 radical (unpaired) electrons. The maximum atomic E-state index is 13.6. The zero-order valence-electron chi connectivity index (χ0n) is 24.0. The Morgan fingerprint density at radius 3 is 2.26 bits per heavy atom. The summed E-state index contributed by atoms with van der Waals surface area (Å²) < 4.78 is 123. The summed E-state index contributed by atoms with van der Waals surface area (Å²) in [4.78, 5) is 4.02.